The molecule has 1 N–H and O–H groups in total. The molecule has 2 aromatic rings. The molecule has 104 valence electrons. The van der Waals surface area contributed by atoms with Crippen molar-refractivity contribution in [3.05, 3.63) is 45.5 Å². The first-order valence-electron chi connectivity index (χ1n) is 5.37. The minimum atomic E-state index is -1.10. The number of halogens is 1. The van der Waals surface area contributed by atoms with Crippen molar-refractivity contribution in [2.24, 2.45) is 0 Å². The van der Waals surface area contributed by atoms with E-state index in [1.165, 1.54) is 10.7 Å². The molecule has 0 unspecified atom stereocenters. The van der Waals surface area contributed by atoms with Crippen LogP contribution in [0.2, 0.25) is 0 Å². The molecule has 1 aromatic carbocycles. The van der Waals surface area contributed by atoms with Gasteiger partial charge in [0.25, 0.3) is 0 Å². The molecule has 9 nitrogen and oxygen atoms in total. The van der Waals surface area contributed by atoms with Gasteiger partial charge in [0.2, 0.25) is 5.82 Å². The van der Waals surface area contributed by atoms with Crippen LogP contribution in [0.3, 0.4) is 0 Å². The number of rotatable bonds is 5. The van der Waals surface area contributed by atoms with E-state index in [0.29, 0.717) is 5.56 Å². The van der Waals surface area contributed by atoms with Crippen molar-refractivity contribution in [2.75, 3.05) is 0 Å². The van der Waals surface area contributed by atoms with Crippen molar-refractivity contribution in [3.63, 3.8) is 0 Å². The van der Waals surface area contributed by atoms with E-state index in [4.69, 9.17) is 5.11 Å². The first kappa shape index (κ1) is 13.5. The number of nitro benzene ring substituents is 1. The topological polar surface area (TPSA) is 124 Å². The maximum Gasteiger partial charge on any atom is 0.311 e. The molecule has 0 amide bonds. The van der Waals surface area contributed by atoms with Crippen LogP contribution < -0.4 is 0 Å². The molecule has 10 heteroatoms. The van der Waals surface area contributed by atoms with E-state index in [-0.39, 0.29) is 18.8 Å². The molecule has 0 radical (unpaired) electrons. The van der Waals surface area contributed by atoms with Crippen molar-refractivity contribution < 1.29 is 19.2 Å². The summed E-state index contributed by atoms with van der Waals surface area (Å²) < 4.78 is 14.6. The Morgan fingerprint density at radius 1 is 1.50 bits per heavy atom. The molecule has 1 aromatic heterocycles. The highest BCUT2D eigenvalue weighted by atomic mass is 19.1. The minimum Gasteiger partial charge on any atom is -0.481 e. The maximum absolute atomic E-state index is 13.4. The number of tetrazole rings is 1. The SMILES string of the molecule is O=C(O)Cc1nnnn1Cc1ccc([N+](=O)[O-])c(F)c1. The number of carboxylic acids is 1. The number of hydrogen-bond acceptors (Lipinski definition) is 6. The normalized spacial score (nSPS) is 10.4. The first-order valence-corrected chi connectivity index (χ1v) is 5.37. The molecule has 0 bridgehead atoms. The van der Waals surface area contributed by atoms with Crippen LogP contribution in [-0.4, -0.2) is 36.2 Å². The number of aromatic nitrogens is 4. The summed E-state index contributed by atoms with van der Waals surface area (Å²) in [5.74, 6) is -1.97. The van der Waals surface area contributed by atoms with Gasteiger partial charge in [-0.3, -0.25) is 14.9 Å². The molecule has 1 heterocycles. The minimum absolute atomic E-state index is 0.0184. The molecule has 0 aliphatic heterocycles. The first-order chi connectivity index (χ1) is 9.47. The van der Waals surface area contributed by atoms with Gasteiger partial charge in [0.1, 0.15) is 6.42 Å². The largest absolute Gasteiger partial charge is 0.481 e. The summed E-state index contributed by atoms with van der Waals surface area (Å²) >= 11 is 0. The zero-order valence-corrected chi connectivity index (χ0v) is 9.93. The molecule has 0 aliphatic rings. The van der Waals surface area contributed by atoms with E-state index in [2.05, 4.69) is 15.5 Å². The highest BCUT2D eigenvalue weighted by Crippen LogP contribution is 2.18. The Kier molecular flexibility index (Phi) is 3.64. The predicted molar refractivity (Wildman–Crippen MR) is 61.3 cm³/mol. The number of nitrogens with zero attached hydrogens (tertiary/aromatic N) is 5. The lowest BCUT2D eigenvalue weighted by molar-refractivity contribution is -0.387. The molecule has 0 aliphatic carbocycles. The zero-order valence-electron chi connectivity index (χ0n) is 9.93. The monoisotopic (exact) mass is 281 g/mol. The number of carbonyl (C=O) groups is 1. The standard InChI is InChI=1S/C10H8FN5O4/c11-7-3-6(1-2-8(7)16(19)20)5-15-9(4-10(17)18)12-13-14-15/h1-3H,4-5H2,(H,17,18). The van der Waals surface area contributed by atoms with Crippen LogP contribution in [0.1, 0.15) is 11.4 Å². The highest BCUT2D eigenvalue weighted by Gasteiger charge is 2.15. The Bertz CT molecular complexity index is 671. The van der Waals surface area contributed by atoms with E-state index < -0.39 is 22.4 Å². The summed E-state index contributed by atoms with van der Waals surface area (Å²) in [4.78, 5) is 20.3. The van der Waals surface area contributed by atoms with Crippen molar-refractivity contribution in [1.82, 2.24) is 20.2 Å². The van der Waals surface area contributed by atoms with Crippen LogP contribution in [-0.2, 0) is 17.8 Å². The van der Waals surface area contributed by atoms with Gasteiger partial charge >= 0.3 is 11.7 Å². The molecule has 0 fully saturated rings. The average Bonchev–Trinajstić information content (AvgIpc) is 2.75. The number of hydrogen-bond donors (Lipinski definition) is 1. The smallest absolute Gasteiger partial charge is 0.311 e. The lowest BCUT2D eigenvalue weighted by Gasteiger charge is -2.03. The van der Waals surface area contributed by atoms with Gasteiger partial charge in [-0.05, 0) is 22.1 Å². The predicted octanol–water partition coefficient (Wildman–Crippen LogP) is 0.396. The van der Waals surface area contributed by atoms with Crippen LogP contribution in [0.15, 0.2) is 18.2 Å². The van der Waals surface area contributed by atoms with Gasteiger partial charge in [-0.25, -0.2) is 4.68 Å². The summed E-state index contributed by atoms with van der Waals surface area (Å²) in [7, 11) is 0. The molecule has 0 spiro atoms. The maximum atomic E-state index is 13.4. The number of aliphatic carboxylic acids is 1. The van der Waals surface area contributed by atoms with Crippen molar-refractivity contribution in [2.45, 2.75) is 13.0 Å². The third-order valence-electron chi connectivity index (χ3n) is 2.46. The molecule has 20 heavy (non-hydrogen) atoms. The second kappa shape index (κ2) is 5.38. The Morgan fingerprint density at radius 2 is 2.25 bits per heavy atom. The summed E-state index contributed by atoms with van der Waals surface area (Å²) in [6.45, 7) is 0.0184. The lowest BCUT2D eigenvalue weighted by Crippen LogP contribution is -2.11. The fourth-order valence-electron chi connectivity index (χ4n) is 1.58. The average molecular weight is 281 g/mol. The van der Waals surface area contributed by atoms with Crippen LogP contribution in [0.5, 0.6) is 0 Å². The van der Waals surface area contributed by atoms with E-state index >= 15 is 0 Å². The molecule has 0 atom stereocenters. The second-order valence-corrected chi connectivity index (χ2v) is 3.87. The van der Waals surface area contributed by atoms with E-state index in [1.54, 1.807) is 0 Å². The third-order valence-corrected chi connectivity index (χ3v) is 2.46. The molecular weight excluding hydrogens is 273 g/mol. The zero-order chi connectivity index (χ0) is 14.7. The molecule has 0 saturated carbocycles. The second-order valence-electron chi connectivity index (χ2n) is 3.87. The Balaban J connectivity index is 2.22. The van der Waals surface area contributed by atoms with Crippen LogP contribution >= 0.6 is 0 Å². The molecular formula is C10H8FN5O4. The van der Waals surface area contributed by atoms with Crippen molar-refractivity contribution in [3.8, 4) is 0 Å². The van der Waals surface area contributed by atoms with Crippen LogP contribution in [0, 0.1) is 15.9 Å². The fraction of sp³-hybridized carbons (Fsp3) is 0.200. The van der Waals surface area contributed by atoms with Gasteiger partial charge in [-0.2, -0.15) is 4.39 Å². The van der Waals surface area contributed by atoms with Gasteiger partial charge in [-0.1, -0.05) is 6.07 Å². The quantitative estimate of drug-likeness (QED) is 0.621. The summed E-state index contributed by atoms with van der Waals surface area (Å²) in [6.07, 6.45) is -0.373. The fourth-order valence-corrected chi connectivity index (χ4v) is 1.58. The number of nitro groups is 1. The van der Waals surface area contributed by atoms with Crippen LogP contribution in [0.4, 0.5) is 10.1 Å². The summed E-state index contributed by atoms with van der Waals surface area (Å²) in [5, 5.41) is 29.6. The van der Waals surface area contributed by atoms with Gasteiger partial charge in [0, 0.05) is 6.07 Å². The Labute approximate surface area is 110 Å². The van der Waals surface area contributed by atoms with Crippen molar-refractivity contribution in [1.29, 1.82) is 0 Å². The summed E-state index contributed by atoms with van der Waals surface area (Å²) in [6, 6.07) is 3.38. The Morgan fingerprint density at radius 3 is 2.85 bits per heavy atom. The Hall–Kier alpha value is -2.91. The summed E-state index contributed by atoms with van der Waals surface area (Å²) in [5.41, 5.74) is -0.247. The van der Waals surface area contributed by atoms with Crippen molar-refractivity contribution >= 4 is 11.7 Å². The van der Waals surface area contributed by atoms with Crippen LogP contribution in [0.25, 0.3) is 0 Å². The van der Waals surface area contributed by atoms with E-state index in [1.807, 2.05) is 0 Å². The van der Waals surface area contributed by atoms with Gasteiger partial charge in [-0.15, -0.1) is 5.10 Å². The van der Waals surface area contributed by atoms with E-state index in [0.717, 1.165) is 12.1 Å². The third kappa shape index (κ3) is 2.91. The number of benzene rings is 1. The lowest BCUT2D eigenvalue weighted by atomic mass is 10.2. The van der Waals surface area contributed by atoms with Gasteiger partial charge in [0.15, 0.2) is 5.82 Å². The van der Waals surface area contributed by atoms with E-state index in [9.17, 15) is 19.3 Å². The highest BCUT2D eigenvalue weighted by molar-refractivity contribution is 5.68. The molecule has 0 saturated heterocycles. The van der Waals surface area contributed by atoms with Gasteiger partial charge < -0.3 is 5.11 Å². The molecule has 2 rings (SSSR count). The van der Waals surface area contributed by atoms with Gasteiger partial charge in [0.05, 0.1) is 11.5 Å². The number of carboxylic acid groups (broad SMARTS) is 1.